The highest BCUT2D eigenvalue weighted by Gasteiger charge is 2.31. The minimum atomic E-state index is -0.203. The van der Waals surface area contributed by atoms with Crippen LogP contribution in [0.15, 0.2) is 35.3 Å². The summed E-state index contributed by atoms with van der Waals surface area (Å²) in [5, 5.41) is 14.3. The number of nitrogens with one attached hydrogen (secondary N) is 1. The van der Waals surface area contributed by atoms with E-state index in [4.69, 9.17) is 0 Å². The van der Waals surface area contributed by atoms with Crippen molar-refractivity contribution in [1.29, 1.82) is 0 Å². The van der Waals surface area contributed by atoms with Gasteiger partial charge in [-0.25, -0.2) is 0 Å². The van der Waals surface area contributed by atoms with Crippen LogP contribution in [-0.4, -0.2) is 32.5 Å². The van der Waals surface area contributed by atoms with Crippen molar-refractivity contribution >= 4 is 29.0 Å². The Hall–Kier alpha value is -1.60. The molecule has 2 aromatic heterocycles. The summed E-state index contributed by atoms with van der Waals surface area (Å²) < 4.78 is 2.22. The lowest BCUT2D eigenvalue weighted by Gasteiger charge is -2.12. The fraction of sp³-hybridized carbons (Fsp3) is 0.438. The number of aromatic nitrogens is 3. The molecule has 2 aromatic rings. The highest BCUT2D eigenvalue weighted by molar-refractivity contribution is 8.00. The molecule has 1 fully saturated rings. The van der Waals surface area contributed by atoms with Crippen molar-refractivity contribution in [1.82, 2.24) is 20.1 Å². The van der Waals surface area contributed by atoms with Gasteiger partial charge in [0.05, 0.1) is 5.25 Å². The van der Waals surface area contributed by atoms with E-state index >= 15 is 0 Å². The summed E-state index contributed by atoms with van der Waals surface area (Å²) in [7, 11) is 0. The third kappa shape index (κ3) is 4.03. The fourth-order valence-electron chi connectivity index (χ4n) is 2.30. The molecular formula is C16H20N4OS2. The van der Waals surface area contributed by atoms with Gasteiger partial charge in [0.2, 0.25) is 5.91 Å². The van der Waals surface area contributed by atoms with Gasteiger partial charge in [-0.1, -0.05) is 23.9 Å². The molecule has 1 aliphatic carbocycles. The molecule has 0 aliphatic heterocycles. The summed E-state index contributed by atoms with van der Waals surface area (Å²) in [5.41, 5.74) is 0. The third-order valence-electron chi connectivity index (χ3n) is 3.63. The number of hydrogen-bond donors (Lipinski definition) is 1. The van der Waals surface area contributed by atoms with Crippen LogP contribution in [0.1, 0.15) is 36.5 Å². The van der Waals surface area contributed by atoms with Crippen molar-refractivity contribution < 1.29 is 4.79 Å². The molecule has 0 bridgehead atoms. The standard InChI is InChI=1S/C16H20N4OS2/c1-3-8-17-15(21)11(2)23-16-19-18-14(20(16)12-6-7-12)10-13-5-4-9-22-13/h3-5,9,11-12H,1,6-8,10H2,2H3,(H,17,21)/t11-/m0/s1. The second-order valence-corrected chi connectivity index (χ2v) is 7.89. The van der Waals surface area contributed by atoms with Crippen molar-refractivity contribution in [2.75, 3.05) is 6.54 Å². The number of nitrogens with zero attached hydrogens (tertiary/aromatic N) is 3. The van der Waals surface area contributed by atoms with E-state index in [-0.39, 0.29) is 11.2 Å². The first-order valence-electron chi connectivity index (χ1n) is 7.70. The van der Waals surface area contributed by atoms with E-state index in [1.807, 2.05) is 6.92 Å². The second-order valence-electron chi connectivity index (χ2n) is 5.55. The van der Waals surface area contributed by atoms with Gasteiger partial charge in [-0.05, 0) is 31.2 Å². The van der Waals surface area contributed by atoms with E-state index in [1.165, 1.54) is 29.5 Å². The monoisotopic (exact) mass is 348 g/mol. The Morgan fingerprint density at radius 2 is 2.43 bits per heavy atom. The minimum Gasteiger partial charge on any atom is -0.352 e. The van der Waals surface area contributed by atoms with Gasteiger partial charge in [0.15, 0.2) is 5.16 Å². The van der Waals surface area contributed by atoms with Crippen LogP contribution in [-0.2, 0) is 11.2 Å². The number of rotatable bonds is 8. The summed E-state index contributed by atoms with van der Waals surface area (Å²) in [4.78, 5) is 13.3. The van der Waals surface area contributed by atoms with Gasteiger partial charge in [-0.3, -0.25) is 4.79 Å². The van der Waals surface area contributed by atoms with Gasteiger partial charge >= 0.3 is 0 Å². The Morgan fingerprint density at radius 3 is 3.09 bits per heavy atom. The van der Waals surface area contributed by atoms with E-state index in [1.54, 1.807) is 17.4 Å². The smallest absolute Gasteiger partial charge is 0.233 e. The Balaban J connectivity index is 1.73. The van der Waals surface area contributed by atoms with Gasteiger partial charge in [0.1, 0.15) is 5.82 Å². The van der Waals surface area contributed by atoms with Crippen LogP contribution in [0.4, 0.5) is 0 Å². The van der Waals surface area contributed by atoms with E-state index in [2.05, 4.69) is 44.2 Å². The molecule has 122 valence electrons. The number of hydrogen-bond acceptors (Lipinski definition) is 5. The van der Waals surface area contributed by atoms with Crippen molar-refractivity contribution in [2.24, 2.45) is 0 Å². The van der Waals surface area contributed by atoms with E-state index in [9.17, 15) is 4.79 Å². The second kappa shape index (κ2) is 7.31. The van der Waals surface area contributed by atoms with Gasteiger partial charge in [-0.15, -0.1) is 28.1 Å². The molecule has 1 atom stereocenters. The zero-order valence-electron chi connectivity index (χ0n) is 13.1. The van der Waals surface area contributed by atoms with E-state index in [0.29, 0.717) is 12.6 Å². The SMILES string of the molecule is C=CCNC(=O)[C@H](C)Sc1nnc(Cc2cccs2)n1C1CC1. The maximum absolute atomic E-state index is 12.0. The number of thiophene rings is 1. The molecule has 1 amide bonds. The molecule has 1 aliphatic rings. The maximum Gasteiger partial charge on any atom is 0.233 e. The predicted molar refractivity (Wildman–Crippen MR) is 93.9 cm³/mol. The first kappa shape index (κ1) is 16.3. The lowest BCUT2D eigenvalue weighted by atomic mass is 10.3. The van der Waals surface area contributed by atoms with Gasteiger partial charge in [-0.2, -0.15) is 0 Å². The van der Waals surface area contributed by atoms with Gasteiger partial charge in [0, 0.05) is 23.9 Å². The zero-order valence-corrected chi connectivity index (χ0v) is 14.7. The molecule has 23 heavy (non-hydrogen) atoms. The highest BCUT2D eigenvalue weighted by atomic mass is 32.2. The lowest BCUT2D eigenvalue weighted by molar-refractivity contribution is -0.120. The molecule has 1 N–H and O–H groups in total. The van der Waals surface area contributed by atoms with Crippen molar-refractivity contribution in [2.45, 2.75) is 42.6 Å². The predicted octanol–water partition coefficient (Wildman–Crippen LogP) is 3.05. The Bertz CT molecular complexity index is 676. The van der Waals surface area contributed by atoms with E-state index < -0.39 is 0 Å². The summed E-state index contributed by atoms with van der Waals surface area (Å²) in [6.07, 6.45) is 4.82. The van der Waals surface area contributed by atoms with Crippen LogP contribution in [0.5, 0.6) is 0 Å². The van der Waals surface area contributed by atoms with Gasteiger partial charge < -0.3 is 9.88 Å². The van der Waals surface area contributed by atoms with Crippen molar-refractivity contribution in [3.8, 4) is 0 Å². The lowest BCUT2D eigenvalue weighted by Crippen LogP contribution is -2.31. The van der Waals surface area contributed by atoms with Crippen LogP contribution < -0.4 is 5.32 Å². The fourth-order valence-corrected chi connectivity index (χ4v) is 3.97. The molecule has 0 aromatic carbocycles. The molecule has 1 saturated carbocycles. The third-order valence-corrected chi connectivity index (χ3v) is 5.56. The first-order valence-corrected chi connectivity index (χ1v) is 9.46. The average Bonchev–Trinajstić information content (AvgIpc) is 3.10. The molecule has 5 nitrogen and oxygen atoms in total. The number of amides is 1. The van der Waals surface area contributed by atoms with Crippen LogP contribution in [0.25, 0.3) is 0 Å². The Morgan fingerprint density at radius 1 is 1.61 bits per heavy atom. The summed E-state index contributed by atoms with van der Waals surface area (Å²) in [6, 6.07) is 4.67. The molecule has 0 unspecified atom stereocenters. The maximum atomic E-state index is 12.0. The van der Waals surface area contributed by atoms with Crippen LogP contribution in [0.2, 0.25) is 0 Å². The van der Waals surface area contributed by atoms with E-state index in [0.717, 1.165) is 17.4 Å². The number of carbonyl (C=O) groups is 1. The zero-order chi connectivity index (χ0) is 16.2. The Kier molecular flexibility index (Phi) is 5.17. The van der Waals surface area contributed by atoms with Crippen LogP contribution in [0.3, 0.4) is 0 Å². The van der Waals surface area contributed by atoms with Crippen molar-refractivity contribution in [3.63, 3.8) is 0 Å². The quantitative estimate of drug-likeness (QED) is 0.588. The largest absolute Gasteiger partial charge is 0.352 e. The number of carbonyl (C=O) groups excluding carboxylic acids is 1. The Labute approximate surface area is 144 Å². The normalized spacial score (nSPS) is 15.3. The molecule has 0 spiro atoms. The molecule has 0 radical (unpaired) electrons. The van der Waals surface area contributed by atoms with Gasteiger partial charge in [0.25, 0.3) is 0 Å². The first-order chi connectivity index (χ1) is 11.2. The molecule has 2 heterocycles. The molecular weight excluding hydrogens is 328 g/mol. The minimum absolute atomic E-state index is 0.0000498. The molecule has 3 rings (SSSR count). The topological polar surface area (TPSA) is 59.8 Å². The van der Waals surface area contributed by atoms with Crippen molar-refractivity contribution in [3.05, 3.63) is 40.9 Å². The molecule has 7 heteroatoms. The van der Waals surface area contributed by atoms with Crippen LogP contribution in [0, 0.1) is 0 Å². The summed E-state index contributed by atoms with van der Waals surface area (Å²) in [6.45, 7) is 6.00. The molecule has 0 saturated heterocycles. The summed E-state index contributed by atoms with van der Waals surface area (Å²) in [5.74, 6) is 0.996. The highest BCUT2D eigenvalue weighted by Crippen LogP contribution is 2.40. The number of thioether (sulfide) groups is 1. The van der Waals surface area contributed by atoms with Crippen LogP contribution >= 0.6 is 23.1 Å². The average molecular weight is 348 g/mol. The summed E-state index contributed by atoms with van der Waals surface area (Å²) >= 11 is 3.21.